The van der Waals surface area contributed by atoms with Gasteiger partial charge in [-0.25, -0.2) is 0 Å². The van der Waals surface area contributed by atoms with Gasteiger partial charge in [0.05, 0.1) is 0 Å². The number of hydrogen-bond donors (Lipinski definition) is 0. The fourth-order valence-electron chi connectivity index (χ4n) is 4.65. The van der Waals surface area contributed by atoms with Crippen molar-refractivity contribution in [3.8, 4) is 0 Å². The van der Waals surface area contributed by atoms with Crippen LogP contribution in [0.5, 0.6) is 0 Å². The van der Waals surface area contributed by atoms with Crippen LogP contribution in [0.4, 0.5) is 0 Å². The molecule has 0 radical (unpaired) electrons. The summed E-state index contributed by atoms with van der Waals surface area (Å²) >= 11 is 12.4. The predicted molar refractivity (Wildman–Crippen MR) is 112 cm³/mol. The predicted octanol–water partition coefficient (Wildman–Crippen LogP) is 7.28. The Bertz CT molecular complexity index is 892. The fourth-order valence-corrected chi connectivity index (χ4v) is 4.91. The van der Waals surface area contributed by atoms with Gasteiger partial charge in [-0.1, -0.05) is 59.6 Å². The molecule has 0 unspecified atom stereocenters. The SMILES string of the molecule is Cc1ccc(C)c2c1CCCC2(c1ccc(Cl)cc1)c1ccc(Cl)cc1. The molecular weight excluding hydrogens is 359 g/mol. The van der Waals surface area contributed by atoms with Crippen molar-refractivity contribution in [1.82, 2.24) is 0 Å². The second-order valence-electron chi connectivity index (χ2n) is 7.33. The second kappa shape index (κ2) is 6.76. The lowest BCUT2D eigenvalue weighted by molar-refractivity contribution is 0.493. The van der Waals surface area contributed by atoms with E-state index in [1.807, 2.05) is 24.3 Å². The van der Waals surface area contributed by atoms with Gasteiger partial charge in [0, 0.05) is 15.5 Å². The third kappa shape index (κ3) is 2.76. The molecule has 26 heavy (non-hydrogen) atoms. The van der Waals surface area contributed by atoms with Crippen LogP contribution < -0.4 is 0 Å². The second-order valence-corrected chi connectivity index (χ2v) is 8.20. The van der Waals surface area contributed by atoms with Gasteiger partial charge < -0.3 is 0 Å². The molecule has 0 N–H and O–H groups in total. The third-order valence-electron chi connectivity index (χ3n) is 5.83. The van der Waals surface area contributed by atoms with Gasteiger partial charge >= 0.3 is 0 Å². The van der Waals surface area contributed by atoms with Crippen LogP contribution in [0.15, 0.2) is 60.7 Å². The number of benzene rings is 3. The Morgan fingerprint density at radius 1 is 0.692 bits per heavy atom. The summed E-state index contributed by atoms with van der Waals surface area (Å²) in [5.74, 6) is 0. The van der Waals surface area contributed by atoms with Crippen LogP contribution >= 0.6 is 23.2 Å². The van der Waals surface area contributed by atoms with E-state index in [0.29, 0.717) is 0 Å². The monoisotopic (exact) mass is 380 g/mol. The molecule has 0 heterocycles. The smallest absolute Gasteiger partial charge is 0.0456 e. The van der Waals surface area contributed by atoms with Gasteiger partial charge in [-0.2, -0.15) is 0 Å². The molecule has 0 saturated heterocycles. The van der Waals surface area contributed by atoms with E-state index in [0.717, 1.165) is 22.9 Å². The van der Waals surface area contributed by atoms with Gasteiger partial charge in [0.1, 0.15) is 0 Å². The first kappa shape index (κ1) is 17.6. The summed E-state index contributed by atoms with van der Waals surface area (Å²) in [6.45, 7) is 4.47. The first-order chi connectivity index (χ1) is 12.5. The molecule has 1 aliphatic rings. The molecule has 0 amide bonds. The Morgan fingerprint density at radius 2 is 1.19 bits per heavy atom. The topological polar surface area (TPSA) is 0 Å². The van der Waals surface area contributed by atoms with Crippen LogP contribution in [-0.4, -0.2) is 0 Å². The quantitative estimate of drug-likeness (QED) is 0.437. The molecule has 3 aromatic rings. The molecule has 0 bridgehead atoms. The van der Waals surface area contributed by atoms with Crippen LogP contribution in [0.1, 0.15) is 46.2 Å². The average Bonchev–Trinajstić information content (AvgIpc) is 2.65. The standard InChI is InChI=1S/C24H22Cl2/c1-16-5-6-17(2)23-22(16)4-3-15-24(23,18-7-11-20(25)12-8-18)19-9-13-21(26)14-10-19/h5-14H,3-4,15H2,1-2H3. The van der Waals surface area contributed by atoms with Crippen LogP contribution in [0.3, 0.4) is 0 Å². The van der Waals surface area contributed by atoms with Crippen molar-refractivity contribution >= 4 is 23.2 Å². The molecule has 4 rings (SSSR count). The summed E-state index contributed by atoms with van der Waals surface area (Å²) in [5, 5.41) is 1.55. The lowest BCUT2D eigenvalue weighted by Gasteiger charge is -2.42. The van der Waals surface area contributed by atoms with E-state index in [4.69, 9.17) is 23.2 Å². The molecule has 0 fully saturated rings. The zero-order valence-electron chi connectivity index (χ0n) is 15.2. The van der Waals surface area contributed by atoms with E-state index in [2.05, 4.69) is 50.2 Å². The summed E-state index contributed by atoms with van der Waals surface area (Å²) in [5.41, 5.74) is 8.17. The van der Waals surface area contributed by atoms with Crippen LogP contribution in [0.2, 0.25) is 10.0 Å². The number of aryl methyl sites for hydroxylation is 2. The Morgan fingerprint density at radius 3 is 1.73 bits per heavy atom. The first-order valence-electron chi connectivity index (χ1n) is 9.14. The minimum absolute atomic E-state index is 0.154. The normalized spacial score (nSPS) is 15.5. The highest BCUT2D eigenvalue weighted by atomic mass is 35.5. The summed E-state index contributed by atoms with van der Waals surface area (Å²) in [6.07, 6.45) is 3.40. The van der Waals surface area contributed by atoms with Gasteiger partial charge in [-0.05, 0) is 90.8 Å². The minimum atomic E-state index is -0.154. The molecular formula is C24H22Cl2. The lowest BCUT2D eigenvalue weighted by atomic mass is 9.60. The zero-order chi connectivity index (χ0) is 18.3. The maximum absolute atomic E-state index is 6.20. The zero-order valence-corrected chi connectivity index (χ0v) is 16.7. The largest absolute Gasteiger partial charge is 0.0843 e. The first-order valence-corrected chi connectivity index (χ1v) is 9.89. The summed E-state index contributed by atoms with van der Waals surface area (Å²) in [4.78, 5) is 0. The maximum Gasteiger partial charge on any atom is 0.0456 e. The average molecular weight is 381 g/mol. The van der Waals surface area contributed by atoms with Gasteiger partial charge in [-0.15, -0.1) is 0 Å². The number of rotatable bonds is 2. The molecule has 0 spiro atoms. The molecule has 3 aromatic carbocycles. The maximum atomic E-state index is 6.20. The number of halogens is 2. The van der Waals surface area contributed by atoms with Crippen molar-refractivity contribution in [1.29, 1.82) is 0 Å². The third-order valence-corrected chi connectivity index (χ3v) is 6.34. The minimum Gasteiger partial charge on any atom is -0.0843 e. The molecule has 0 aliphatic heterocycles. The van der Waals surface area contributed by atoms with E-state index in [1.165, 1.54) is 39.8 Å². The van der Waals surface area contributed by atoms with Gasteiger partial charge in [0.25, 0.3) is 0 Å². The highest BCUT2D eigenvalue weighted by Crippen LogP contribution is 2.49. The number of fused-ring (bicyclic) bond motifs is 1. The molecule has 2 heteroatoms. The van der Waals surface area contributed by atoms with E-state index in [-0.39, 0.29) is 5.41 Å². The summed E-state index contributed by atoms with van der Waals surface area (Å²) in [6, 6.07) is 21.3. The fraction of sp³-hybridized carbons (Fsp3) is 0.250. The van der Waals surface area contributed by atoms with E-state index in [9.17, 15) is 0 Å². The Labute approximate surface area is 165 Å². The van der Waals surface area contributed by atoms with Crippen molar-refractivity contribution in [3.63, 3.8) is 0 Å². The van der Waals surface area contributed by atoms with Gasteiger partial charge in [-0.3, -0.25) is 0 Å². The van der Waals surface area contributed by atoms with Crippen molar-refractivity contribution in [2.24, 2.45) is 0 Å². The van der Waals surface area contributed by atoms with E-state index >= 15 is 0 Å². The number of hydrogen-bond acceptors (Lipinski definition) is 0. The van der Waals surface area contributed by atoms with Crippen molar-refractivity contribution in [2.75, 3.05) is 0 Å². The molecule has 0 saturated carbocycles. The van der Waals surface area contributed by atoms with Crippen LogP contribution in [-0.2, 0) is 11.8 Å². The van der Waals surface area contributed by atoms with Gasteiger partial charge in [0.2, 0.25) is 0 Å². The van der Waals surface area contributed by atoms with Crippen molar-refractivity contribution in [2.45, 2.75) is 38.5 Å². The van der Waals surface area contributed by atoms with Gasteiger partial charge in [0.15, 0.2) is 0 Å². The molecule has 0 nitrogen and oxygen atoms in total. The highest BCUT2D eigenvalue weighted by Gasteiger charge is 2.41. The van der Waals surface area contributed by atoms with E-state index < -0.39 is 0 Å². The Kier molecular flexibility index (Phi) is 4.59. The van der Waals surface area contributed by atoms with Crippen molar-refractivity contribution < 1.29 is 0 Å². The summed E-state index contributed by atoms with van der Waals surface area (Å²) < 4.78 is 0. The molecule has 0 aromatic heterocycles. The molecule has 132 valence electrons. The van der Waals surface area contributed by atoms with E-state index in [1.54, 1.807) is 0 Å². The Balaban J connectivity index is 2.08. The van der Waals surface area contributed by atoms with Crippen molar-refractivity contribution in [3.05, 3.63) is 104 Å². The highest BCUT2D eigenvalue weighted by molar-refractivity contribution is 6.30. The summed E-state index contributed by atoms with van der Waals surface area (Å²) in [7, 11) is 0. The lowest BCUT2D eigenvalue weighted by Crippen LogP contribution is -2.35. The molecule has 1 aliphatic carbocycles. The molecule has 0 atom stereocenters. The Hall–Kier alpha value is -1.76. The van der Waals surface area contributed by atoms with Crippen LogP contribution in [0, 0.1) is 13.8 Å². The van der Waals surface area contributed by atoms with Crippen LogP contribution in [0.25, 0.3) is 0 Å².